The fraction of sp³-hybridized carbons (Fsp3) is 0.143. The fourth-order valence-corrected chi connectivity index (χ4v) is 0.923. The topological polar surface area (TPSA) is 30.5 Å². The van der Waals surface area contributed by atoms with E-state index in [0.29, 0.717) is 17.0 Å². The second-order valence-corrected chi connectivity index (χ2v) is 2.37. The summed E-state index contributed by atoms with van der Waals surface area (Å²) in [4.78, 5) is 8.99. The monoisotopic (exact) mass is 155 g/mol. The van der Waals surface area contributed by atoms with Gasteiger partial charge < -0.3 is 4.89 Å². The minimum atomic E-state index is -0.295. The molecule has 1 heterocycles. The average molecular weight is 155 g/mol. The van der Waals surface area contributed by atoms with Crippen LogP contribution in [0.1, 0.15) is 5.56 Å². The zero-order valence-electron chi connectivity index (χ0n) is 5.85. The van der Waals surface area contributed by atoms with Gasteiger partial charge in [-0.05, 0) is 18.6 Å². The first-order chi connectivity index (χ1) is 5.27. The van der Waals surface area contributed by atoms with Gasteiger partial charge in [-0.15, -0.1) is 0 Å². The Balaban J connectivity index is 2.57. The van der Waals surface area contributed by atoms with Crippen molar-refractivity contribution in [3.63, 3.8) is 0 Å². The summed E-state index contributed by atoms with van der Waals surface area (Å²) < 4.78 is 12.8. The van der Waals surface area contributed by atoms with E-state index >= 15 is 0 Å². The molecule has 0 aliphatic carbocycles. The third-order valence-corrected chi connectivity index (χ3v) is 1.54. The average Bonchev–Trinajstić information content (AvgIpc) is 2.36. The lowest BCUT2D eigenvalue weighted by molar-refractivity contribution is -0.160. The molecule has 1 N–H and O–H groups in total. The third kappa shape index (κ3) is 0.914. The Kier molecular flexibility index (Phi) is 1.22. The molecule has 1 aromatic carbocycles. The molecule has 0 unspecified atom stereocenters. The van der Waals surface area contributed by atoms with Gasteiger partial charge in [-0.3, -0.25) is 0 Å². The predicted molar refractivity (Wildman–Crippen MR) is 36.5 cm³/mol. The number of aryl methyl sites for hydroxylation is 1. The lowest BCUT2D eigenvalue weighted by atomic mass is 10.2. The minimum Gasteiger partial charge on any atom is -0.312 e. The van der Waals surface area contributed by atoms with E-state index in [0.717, 1.165) is 0 Å². The normalized spacial score (nSPS) is 13.6. The van der Waals surface area contributed by atoms with E-state index in [2.05, 4.69) is 15.4 Å². The molecule has 1 aromatic rings. The second kappa shape index (κ2) is 2.10. The van der Waals surface area contributed by atoms with Crippen LogP contribution in [0.25, 0.3) is 0 Å². The van der Waals surface area contributed by atoms with Gasteiger partial charge in [0.25, 0.3) is 0 Å². The summed E-state index contributed by atoms with van der Waals surface area (Å²) in [7, 11) is 0. The summed E-state index contributed by atoms with van der Waals surface area (Å²) >= 11 is 0. The third-order valence-electron chi connectivity index (χ3n) is 1.54. The van der Waals surface area contributed by atoms with Gasteiger partial charge in [0.05, 0.1) is 0 Å². The van der Waals surface area contributed by atoms with E-state index < -0.39 is 0 Å². The molecule has 0 amide bonds. The molecule has 4 heteroatoms. The van der Waals surface area contributed by atoms with Crippen molar-refractivity contribution in [1.29, 1.82) is 0 Å². The molecule has 3 nitrogen and oxygen atoms in total. The van der Waals surface area contributed by atoms with E-state index in [1.54, 1.807) is 13.0 Å². The van der Waals surface area contributed by atoms with Gasteiger partial charge in [-0.1, -0.05) is 4.99 Å². The van der Waals surface area contributed by atoms with Gasteiger partial charge in [0.1, 0.15) is 11.5 Å². The molecule has 0 radical (unpaired) electrons. The predicted octanol–water partition coefficient (Wildman–Crippen LogP) is 1.79. The maximum absolute atomic E-state index is 12.8. The Bertz CT molecular complexity index is 272. The number of halogens is 1. The van der Waals surface area contributed by atoms with Gasteiger partial charge in [0.15, 0.2) is 5.75 Å². The number of benzene rings is 1. The van der Waals surface area contributed by atoms with Crippen LogP contribution in [0.4, 0.5) is 10.1 Å². The van der Waals surface area contributed by atoms with Crippen LogP contribution in [0.5, 0.6) is 5.75 Å². The quantitative estimate of drug-likeness (QED) is 0.579. The van der Waals surface area contributed by atoms with Crippen LogP contribution in [0, 0.1) is 12.7 Å². The Labute approximate surface area is 62.6 Å². The highest BCUT2D eigenvalue weighted by molar-refractivity contribution is 5.58. The molecule has 0 atom stereocenters. The first-order valence-corrected chi connectivity index (χ1v) is 3.17. The maximum atomic E-state index is 12.8. The van der Waals surface area contributed by atoms with Crippen molar-refractivity contribution in [1.82, 2.24) is 0 Å². The van der Waals surface area contributed by atoms with Gasteiger partial charge in [-0.25, -0.2) is 9.87 Å². The molecule has 0 saturated heterocycles. The molecule has 0 bridgehead atoms. The molecule has 0 saturated carbocycles. The largest absolute Gasteiger partial charge is 0.312 e. The van der Waals surface area contributed by atoms with Crippen LogP contribution in [0.2, 0.25) is 0 Å². The Morgan fingerprint density at radius 3 is 3.09 bits per heavy atom. The van der Waals surface area contributed by atoms with Crippen molar-refractivity contribution in [3.05, 3.63) is 23.5 Å². The lowest BCUT2D eigenvalue weighted by Crippen LogP contribution is -1.91. The first kappa shape index (κ1) is 6.42. The number of hydrogen-bond donors (Lipinski definition) is 1. The molecule has 1 aliphatic heterocycles. The van der Waals surface area contributed by atoms with E-state index in [9.17, 15) is 4.39 Å². The molecule has 0 aromatic heterocycles. The summed E-state index contributed by atoms with van der Waals surface area (Å²) in [5.41, 5.74) is 3.70. The maximum Gasteiger partial charge on any atom is 0.196 e. The number of nitrogens with one attached hydrogen (secondary N) is 1. The van der Waals surface area contributed by atoms with Gasteiger partial charge in [-0.2, -0.15) is 0 Å². The smallest absolute Gasteiger partial charge is 0.196 e. The number of fused-ring (bicyclic) bond motifs is 1. The molecule has 0 fully saturated rings. The lowest BCUT2D eigenvalue weighted by Gasteiger charge is -1.96. The summed E-state index contributed by atoms with van der Waals surface area (Å²) in [5.74, 6) is 0.0872. The van der Waals surface area contributed by atoms with Crippen molar-refractivity contribution in [2.24, 2.45) is 0 Å². The summed E-state index contributed by atoms with van der Waals surface area (Å²) in [6.07, 6.45) is 0. The highest BCUT2D eigenvalue weighted by Crippen LogP contribution is 2.31. The van der Waals surface area contributed by atoms with Crippen LogP contribution in [-0.2, 0) is 4.99 Å². The van der Waals surface area contributed by atoms with Gasteiger partial charge in [0, 0.05) is 6.07 Å². The molecular formula is C7H6FNO2. The molecule has 1 aliphatic rings. The number of hydrogen-bond acceptors (Lipinski definition) is 3. The Hall–Kier alpha value is -1.29. The van der Waals surface area contributed by atoms with E-state index in [1.807, 2.05) is 0 Å². The van der Waals surface area contributed by atoms with E-state index in [-0.39, 0.29) is 5.82 Å². The fourth-order valence-electron chi connectivity index (χ4n) is 0.923. The summed E-state index contributed by atoms with van der Waals surface area (Å²) in [6, 6.07) is 2.91. The SMILES string of the molecule is Cc1cc2c(cc1F)OON2. The van der Waals surface area contributed by atoms with Crippen LogP contribution in [-0.4, -0.2) is 0 Å². The summed E-state index contributed by atoms with van der Waals surface area (Å²) in [5, 5.41) is 0. The summed E-state index contributed by atoms with van der Waals surface area (Å²) in [6.45, 7) is 1.68. The standard InChI is InChI=1S/C7H6FNO2/c1-4-2-6-7(3-5(4)8)10-11-9-6/h2-3,9H,1H3. The zero-order chi connectivity index (χ0) is 7.84. The second-order valence-electron chi connectivity index (χ2n) is 2.37. The van der Waals surface area contributed by atoms with Crippen molar-refractivity contribution < 1.29 is 14.3 Å². The van der Waals surface area contributed by atoms with Crippen LogP contribution in [0.15, 0.2) is 12.1 Å². The Morgan fingerprint density at radius 1 is 1.45 bits per heavy atom. The molecule has 0 spiro atoms. The van der Waals surface area contributed by atoms with E-state index in [1.165, 1.54) is 6.07 Å². The molecular weight excluding hydrogens is 149 g/mol. The van der Waals surface area contributed by atoms with Crippen molar-refractivity contribution in [3.8, 4) is 5.75 Å². The first-order valence-electron chi connectivity index (χ1n) is 3.17. The van der Waals surface area contributed by atoms with Crippen molar-refractivity contribution >= 4 is 5.69 Å². The van der Waals surface area contributed by atoms with Crippen LogP contribution >= 0.6 is 0 Å². The molecule has 2 rings (SSSR count). The number of anilines is 1. The minimum absolute atomic E-state index is 0.295. The highest BCUT2D eigenvalue weighted by atomic mass is 19.1. The zero-order valence-corrected chi connectivity index (χ0v) is 5.85. The number of rotatable bonds is 0. The van der Waals surface area contributed by atoms with Crippen LogP contribution < -0.4 is 10.4 Å². The highest BCUT2D eigenvalue weighted by Gasteiger charge is 2.15. The van der Waals surface area contributed by atoms with Gasteiger partial charge >= 0.3 is 0 Å². The van der Waals surface area contributed by atoms with Crippen molar-refractivity contribution in [2.45, 2.75) is 6.92 Å². The van der Waals surface area contributed by atoms with E-state index in [4.69, 9.17) is 0 Å². The van der Waals surface area contributed by atoms with Crippen molar-refractivity contribution in [2.75, 3.05) is 5.48 Å². The molecule has 11 heavy (non-hydrogen) atoms. The molecule has 58 valence electrons. The van der Waals surface area contributed by atoms with Gasteiger partial charge in [0.2, 0.25) is 0 Å². The Morgan fingerprint density at radius 2 is 2.27 bits per heavy atom. The van der Waals surface area contributed by atoms with Crippen LogP contribution in [0.3, 0.4) is 0 Å².